The van der Waals surface area contributed by atoms with E-state index in [1.165, 1.54) is 6.92 Å². The van der Waals surface area contributed by atoms with Crippen molar-refractivity contribution in [1.29, 1.82) is 0 Å². The third kappa shape index (κ3) is 24.6. The summed E-state index contributed by atoms with van der Waals surface area (Å²) in [4.78, 5) is 211. The first-order chi connectivity index (χ1) is 52.7. The van der Waals surface area contributed by atoms with Crippen LogP contribution in [-0.2, 0) is 185 Å². The van der Waals surface area contributed by atoms with E-state index >= 15 is 0 Å². The number of hydrogen-bond donors (Lipinski definition) is 8. The van der Waals surface area contributed by atoms with E-state index < -0.39 is 293 Å². The second kappa shape index (κ2) is 40.1. The van der Waals surface area contributed by atoms with Gasteiger partial charge in [-0.15, -0.1) is 0 Å². The molecule has 634 valence electrons. The van der Waals surface area contributed by atoms with Crippen molar-refractivity contribution in [3.63, 3.8) is 0 Å². The summed E-state index contributed by atoms with van der Waals surface area (Å²) in [6.07, 6.45) is -52.8. The third-order valence-electron chi connectivity index (χ3n) is 16.8. The van der Waals surface area contributed by atoms with Gasteiger partial charge in [-0.1, -0.05) is 0 Å². The van der Waals surface area contributed by atoms with Gasteiger partial charge in [0.25, 0.3) is 5.91 Å². The Morgan fingerprint density at radius 2 is 0.982 bits per heavy atom. The highest BCUT2D eigenvalue weighted by molar-refractivity contribution is 7.48. The highest BCUT2D eigenvalue weighted by Crippen LogP contribution is 2.53. The predicted molar refractivity (Wildman–Crippen MR) is 352 cm³/mol. The number of Topliss-reactive ketones (excluding diaryl/α,β-unsaturated/α-hetero) is 1. The Balaban J connectivity index is 1.61. The molecular formula is C64H90N5O43P. The van der Waals surface area contributed by atoms with Crippen molar-refractivity contribution in [1.82, 2.24) is 16.0 Å². The number of aliphatic hydroxyl groups excluding tert-OH is 2. The fourth-order valence-electron chi connectivity index (χ4n) is 12.6. The Morgan fingerprint density at radius 3 is 1.46 bits per heavy atom. The average Bonchev–Trinajstić information content (AvgIpc) is 0.904. The van der Waals surface area contributed by atoms with Crippen LogP contribution in [0.15, 0.2) is 11.5 Å². The van der Waals surface area contributed by atoms with Crippen molar-refractivity contribution in [3.8, 4) is 0 Å². The first kappa shape index (κ1) is 92.6. The van der Waals surface area contributed by atoms with E-state index in [1.54, 1.807) is 0 Å². The van der Waals surface area contributed by atoms with Gasteiger partial charge < -0.3 is 137 Å². The van der Waals surface area contributed by atoms with Crippen LogP contribution in [0.25, 0.3) is 0 Å². The molecule has 27 atom stereocenters. The van der Waals surface area contributed by atoms with Crippen molar-refractivity contribution in [3.05, 3.63) is 11.5 Å². The molecular weight excluding hydrogens is 1560 g/mol. The minimum Gasteiger partial charge on any atom is -0.510 e. The number of phosphoric acid groups is 1. The first-order valence-electron chi connectivity index (χ1n) is 34.1. The molecule has 49 heteroatoms. The molecule has 5 saturated heterocycles. The Labute approximate surface area is 640 Å². The van der Waals surface area contributed by atoms with Crippen LogP contribution in [0.5, 0.6) is 0 Å². The standard InChI is InChI=1S/C64H90N5O43P/c1-21-41(106-61-51(103-32(12)80)48(101-30(10)78)47(100-29(9)77)49(108-61)56(85)69-38-33(81)16-17-34(38)82)44(97-26(6)74)39(67-22(2)70)58(95-21)107-42-37(20-93-60-50(102-31(11)79)46(99-28(8)76)43(96-25(5)73)36(105-60)19-92-24(4)72)104-59(40(68-23(3)71)45(42)98-27(7)75)109-52-53(111-63(66)87)64(13,88)54(55(65)84)110-62(52)112-113(89,91-15)94-18-35(83)57(86)90-14/h21,35-37,39-54,58-62,81,83,88H,16-20H2,1-15H3,(H2,65,84)(H2,66,87)(H,67,70)(H,68,71)(H,69,85)/t21-,35-,36-,37-,39-,40-,41-,42-,43-,44-,45-,46+,47-,48+,49+,50-,51-,52-,53-,54-,58+,59+,60-,61-,62-,64+,113?/m1/s1. The number of rotatable bonds is 32. The lowest BCUT2D eigenvalue weighted by Crippen LogP contribution is -2.73. The summed E-state index contributed by atoms with van der Waals surface area (Å²) in [7, 11) is -3.89. The van der Waals surface area contributed by atoms with Crippen molar-refractivity contribution < 1.29 is 205 Å². The topological polar surface area (TPSA) is 651 Å². The Kier molecular flexibility index (Phi) is 32.9. The quantitative estimate of drug-likeness (QED) is 0.0178. The maximum Gasteiger partial charge on any atom is 0.477 e. The molecule has 113 heavy (non-hydrogen) atoms. The molecule has 6 aliphatic rings. The van der Waals surface area contributed by atoms with Gasteiger partial charge in [0.05, 0.1) is 26.4 Å². The molecule has 0 radical (unpaired) electrons. The van der Waals surface area contributed by atoms with Crippen LogP contribution in [0.4, 0.5) is 4.79 Å². The van der Waals surface area contributed by atoms with Crippen molar-refractivity contribution in [2.24, 2.45) is 11.5 Å². The second-order valence-corrected chi connectivity index (χ2v) is 27.6. The molecule has 0 bridgehead atoms. The molecule has 0 saturated carbocycles. The third-order valence-corrected chi connectivity index (χ3v) is 18.2. The number of nitrogens with one attached hydrogen (secondary N) is 3. The molecule has 48 nitrogen and oxygen atoms in total. The minimum atomic E-state index is -5.42. The lowest BCUT2D eigenvalue weighted by atomic mass is 9.85. The summed E-state index contributed by atoms with van der Waals surface area (Å²) < 4.78 is 148. The number of carbonyl (C=O) groups is 16. The fraction of sp³-hybridized carbons (Fsp3) is 0.719. The van der Waals surface area contributed by atoms with E-state index in [0.29, 0.717) is 7.11 Å². The van der Waals surface area contributed by atoms with E-state index in [4.69, 9.17) is 115 Å². The Bertz CT molecular complexity index is 3650. The zero-order chi connectivity index (χ0) is 84.7. The number of phosphoric ester groups is 1. The van der Waals surface area contributed by atoms with E-state index in [1.807, 2.05) is 0 Å². The number of nitrogens with two attached hydrogens (primary N) is 2. The second-order valence-electron chi connectivity index (χ2n) is 25.9. The normalized spacial score (nSPS) is 33.7. The molecule has 6 rings (SSSR count). The van der Waals surface area contributed by atoms with Crippen LogP contribution in [-0.4, -0.2) is 304 Å². The molecule has 0 aromatic rings. The maximum atomic E-state index is 14.5. The first-order valence-corrected chi connectivity index (χ1v) is 35.6. The number of methoxy groups -OCH3 is 1. The fourth-order valence-corrected chi connectivity index (χ4v) is 13.6. The summed E-state index contributed by atoms with van der Waals surface area (Å²) in [5.41, 5.74) is 7.60. The lowest BCUT2D eigenvalue weighted by Gasteiger charge is -2.52. The molecule has 0 aromatic carbocycles. The van der Waals surface area contributed by atoms with Gasteiger partial charge in [0.15, 0.2) is 117 Å². The zero-order valence-corrected chi connectivity index (χ0v) is 64.1. The van der Waals surface area contributed by atoms with Crippen LogP contribution < -0.4 is 27.4 Å². The molecule has 1 aliphatic carbocycles. The number of carbonyl (C=O) groups excluding carboxylic acids is 16. The van der Waals surface area contributed by atoms with Gasteiger partial charge in [0.1, 0.15) is 60.2 Å². The van der Waals surface area contributed by atoms with Crippen molar-refractivity contribution >= 4 is 103 Å². The predicted octanol–water partition coefficient (Wildman–Crippen LogP) is -4.90. The van der Waals surface area contributed by atoms with Crippen LogP contribution >= 0.6 is 7.82 Å². The van der Waals surface area contributed by atoms with Gasteiger partial charge in [-0.05, 0) is 13.8 Å². The minimum absolute atomic E-state index is 0.226. The van der Waals surface area contributed by atoms with Crippen LogP contribution in [0.3, 0.4) is 0 Å². The smallest absolute Gasteiger partial charge is 0.477 e. The SMILES string of the molecule is COC(=O)[C@H](O)COP(=O)(OC)O[C@H]1O[C@H](C(N)=O)[C@@](C)(O)[C@H](OC(N)=O)[C@H]1O[C@@H]1O[C@H](CO[C@@H]2O[C@H](COC(C)=O)[C@@H](OC(C)=O)[C@H](OC(C)=O)[C@H]2OC(C)=O)[C@@H](O[C@@H]2O[C@H](C)[C@@H](O[C@@H]3O[C@H](C(=O)NC4=C(O)CCC4=O)[C@H](OC(C)=O)[C@H](OC(C)=O)[C@H]3OC(C)=O)[C@H](OC(C)=O)[C@H]2NC(C)=O)[C@H](OC(C)=O)[C@H]1NC(C)=O. The van der Waals surface area contributed by atoms with E-state index in [2.05, 4.69) is 20.7 Å². The van der Waals surface area contributed by atoms with Crippen molar-refractivity contribution in [2.75, 3.05) is 34.0 Å². The zero-order valence-electron chi connectivity index (χ0n) is 63.2. The summed E-state index contributed by atoms with van der Waals surface area (Å²) in [6, 6.07) is -4.27. The number of amides is 5. The van der Waals surface area contributed by atoms with E-state index in [9.17, 15) is 96.6 Å². The van der Waals surface area contributed by atoms with E-state index in [-0.39, 0.29) is 12.8 Å². The van der Waals surface area contributed by atoms with Crippen LogP contribution in [0.2, 0.25) is 0 Å². The number of esters is 10. The van der Waals surface area contributed by atoms with Crippen LogP contribution in [0, 0.1) is 0 Å². The van der Waals surface area contributed by atoms with Crippen LogP contribution in [0.1, 0.15) is 103 Å². The van der Waals surface area contributed by atoms with Gasteiger partial charge in [-0.25, -0.2) is 14.2 Å². The van der Waals surface area contributed by atoms with E-state index in [0.717, 1.165) is 90.2 Å². The molecule has 0 aromatic heterocycles. The molecule has 10 N–H and O–H groups in total. The number of allylic oxidation sites excluding steroid dienone is 2. The average molecular weight is 1650 g/mol. The van der Waals surface area contributed by atoms with Crippen molar-refractivity contribution in [2.45, 2.75) is 262 Å². The molecule has 5 aliphatic heterocycles. The molecule has 5 heterocycles. The Morgan fingerprint density at radius 1 is 0.531 bits per heavy atom. The van der Waals surface area contributed by atoms with Gasteiger partial charge in [0.2, 0.25) is 17.7 Å². The summed E-state index contributed by atoms with van der Waals surface area (Å²) in [6.45, 7) is 8.22. The number of ketones is 1. The molecule has 1 unspecified atom stereocenters. The van der Waals surface area contributed by atoms with Gasteiger partial charge in [-0.3, -0.25) is 80.7 Å². The monoisotopic (exact) mass is 1650 g/mol. The maximum absolute atomic E-state index is 14.5. The number of aliphatic hydroxyl groups is 3. The molecule has 5 fully saturated rings. The number of hydrogen-bond acceptors (Lipinski definition) is 43. The Hall–Kier alpha value is -9.27. The highest BCUT2D eigenvalue weighted by Gasteiger charge is 2.64. The summed E-state index contributed by atoms with van der Waals surface area (Å²) in [5.74, 6) is -18.1. The van der Waals surface area contributed by atoms with Gasteiger partial charge in [0, 0.05) is 96.1 Å². The largest absolute Gasteiger partial charge is 0.510 e. The highest BCUT2D eigenvalue weighted by atomic mass is 31.2. The summed E-state index contributed by atoms with van der Waals surface area (Å²) >= 11 is 0. The molecule has 5 amide bonds. The van der Waals surface area contributed by atoms with Gasteiger partial charge in [-0.2, -0.15) is 0 Å². The van der Waals surface area contributed by atoms with Gasteiger partial charge >= 0.3 is 73.6 Å². The molecule has 0 spiro atoms. The lowest BCUT2D eigenvalue weighted by molar-refractivity contribution is -0.375. The number of primary amides is 2. The summed E-state index contributed by atoms with van der Waals surface area (Å²) in [5, 5.41) is 40.3. The number of ether oxygens (including phenoxy) is 20.